The summed E-state index contributed by atoms with van der Waals surface area (Å²) in [7, 11) is -3.55. The van der Waals surface area contributed by atoms with Crippen LogP contribution in [0.1, 0.15) is 0 Å². The first-order valence-electron chi connectivity index (χ1n) is 15.4. The summed E-state index contributed by atoms with van der Waals surface area (Å²) in [5, 5.41) is 1.98. The standard InChI is InChI=1S/C42H27O3P/c43-46-37-23-13-22-33(29-16-7-2-8-17-29)39(37)45-41-35(31-20-11-4-12-21-31)27-34(30-18-9-3-10-19-30)40(42(41)46)44-36-25-24-32(26-38(36)46)28-14-5-1-6-15-28/h1-27H. The number of benzene rings is 7. The van der Waals surface area contributed by atoms with E-state index in [1.807, 2.05) is 91.0 Å². The molecule has 1 unspecified atom stereocenters. The van der Waals surface area contributed by atoms with Crippen molar-refractivity contribution >= 4 is 23.1 Å². The second-order valence-corrected chi connectivity index (χ2v) is 14.2. The Hall–Kier alpha value is -5.63. The van der Waals surface area contributed by atoms with Gasteiger partial charge in [0, 0.05) is 16.7 Å². The van der Waals surface area contributed by atoms with Crippen LogP contribution in [0.5, 0.6) is 23.0 Å². The van der Waals surface area contributed by atoms with Gasteiger partial charge in [0.25, 0.3) is 0 Å². The van der Waals surface area contributed by atoms with Gasteiger partial charge in [-0.25, -0.2) is 0 Å². The molecule has 2 aliphatic rings. The molecule has 0 saturated heterocycles. The molecule has 0 saturated carbocycles. The lowest BCUT2D eigenvalue weighted by molar-refractivity contribution is 0.464. The van der Waals surface area contributed by atoms with Gasteiger partial charge in [-0.2, -0.15) is 0 Å². The van der Waals surface area contributed by atoms with Crippen molar-refractivity contribution in [2.24, 2.45) is 0 Å². The SMILES string of the molecule is O=P12c3cc(-c4ccccc4)ccc3Oc3c(-c4ccccc4)cc(-c4ccccc4)c(c31)Oc1c(-c3ccccc3)cccc12. The van der Waals surface area contributed by atoms with Crippen LogP contribution in [-0.4, -0.2) is 0 Å². The summed E-state index contributed by atoms with van der Waals surface area (Å²) >= 11 is 0. The molecule has 0 aliphatic carbocycles. The minimum atomic E-state index is -3.55. The maximum absolute atomic E-state index is 16.5. The van der Waals surface area contributed by atoms with Crippen LogP contribution in [0, 0.1) is 0 Å². The minimum absolute atomic E-state index is 0.579. The lowest BCUT2D eigenvalue weighted by Gasteiger charge is -2.37. The van der Waals surface area contributed by atoms with Crippen molar-refractivity contribution in [1.29, 1.82) is 0 Å². The van der Waals surface area contributed by atoms with E-state index in [1.165, 1.54) is 0 Å². The molecule has 9 rings (SSSR count). The topological polar surface area (TPSA) is 35.5 Å². The molecule has 7 aromatic rings. The molecule has 0 amide bonds. The van der Waals surface area contributed by atoms with Crippen LogP contribution in [0.25, 0.3) is 44.5 Å². The Labute approximate surface area is 267 Å². The lowest BCUT2D eigenvalue weighted by Crippen LogP contribution is -2.36. The van der Waals surface area contributed by atoms with Crippen molar-refractivity contribution in [2.75, 3.05) is 0 Å². The molecule has 2 aliphatic heterocycles. The normalized spacial score (nSPS) is 15.5. The summed E-state index contributed by atoms with van der Waals surface area (Å²) in [5.41, 5.74) is 7.66. The summed E-state index contributed by atoms with van der Waals surface area (Å²) in [6.07, 6.45) is 0. The molecule has 0 N–H and O–H groups in total. The third kappa shape index (κ3) is 4.03. The highest BCUT2D eigenvalue weighted by Gasteiger charge is 2.49. The third-order valence-electron chi connectivity index (χ3n) is 8.93. The van der Waals surface area contributed by atoms with Crippen LogP contribution in [0.2, 0.25) is 0 Å². The van der Waals surface area contributed by atoms with Crippen LogP contribution < -0.4 is 25.4 Å². The van der Waals surface area contributed by atoms with Gasteiger partial charge in [0.05, 0.1) is 10.6 Å². The molecular formula is C42H27O3P. The predicted octanol–water partition coefficient (Wildman–Crippen LogP) is 10.2. The number of rotatable bonds is 4. The van der Waals surface area contributed by atoms with Crippen LogP contribution in [0.15, 0.2) is 164 Å². The Balaban J connectivity index is 1.42. The zero-order valence-electron chi connectivity index (χ0n) is 24.8. The zero-order chi connectivity index (χ0) is 30.7. The lowest BCUT2D eigenvalue weighted by atomic mass is 9.96. The molecule has 0 spiro atoms. The second-order valence-electron chi connectivity index (χ2n) is 11.6. The monoisotopic (exact) mass is 610 g/mol. The van der Waals surface area contributed by atoms with Crippen molar-refractivity contribution in [3.05, 3.63) is 164 Å². The fourth-order valence-electron chi connectivity index (χ4n) is 6.76. The summed E-state index contributed by atoms with van der Waals surface area (Å²) in [4.78, 5) is 0. The van der Waals surface area contributed by atoms with Crippen LogP contribution in [-0.2, 0) is 4.57 Å². The van der Waals surface area contributed by atoms with Crippen molar-refractivity contribution < 1.29 is 14.0 Å². The molecule has 46 heavy (non-hydrogen) atoms. The highest BCUT2D eigenvalue weighted by molar-refractivity contribution is 7.86. The minimum Gasteiger partial charge on any atom is -0.455 e. The highest BCUT2D eigenvalue weighted by atomic mass is 31.2. The first-order chi connectivity index (χ1) is 22.7. The zero-order valence-corrected chi connectivity index (χ0v) is 25.7. The third-order valence-corrected chi connectivity index (χ3v) is 12.0. The smallest absolute Gasteiger partial charge is 0.185 e. The van der Waals surface area contributed by atoms with E-state index in [2.05, 4.69) is 72.8 Å². The predicted molar refractivity (Wildman–Crippen MR) is 188 cm³/mol. The van der Waals surface area contributed by atoms with Crippen LogP contribution in [0.4, 0.5) is 0 Å². The van der Waals surface area contributed by atoms with Gasteiger partial charge in [-0.05, 0) is 52.1 Å². The average molecular weight is 611 g/mol. The maximum Gasteiger partial charge on any atom is 0.185 e. The summed E-state index contributed by atoms with van der Waals surface area (Å²) in [6, 6.07) is 55.0. The molecule has 7 aromatic carbocycles. The molecule has 2 heterocycles. The fraction of sp³-hybridized carbons (Fsp3) is 0. The quantitative estimate of drug-likeness (QED) is 0.186. The van der Waals surface area contributed by atoms with E-state index in [0.717, 1.165) is 44.5 Å². The van der Waals surface area contributed by atoms with E-state index in [4.69, 9.17) is 9.47 Å². The van der Waals surface area contributed by atoms with Crippen molar-refractivity contribution in [3.8, 4) is 67.5 Å². The Bertz CT molecular complexity index is 2310. The first-order valence-corrected chi connectivity index (χ1v) is 17.1. The molecule has 0 radical (unpaired) electrons. The van der Waals surface area contributed by atoms with E-state index >= 15 is 4.57 Å². The molecule has 218 valence electrons. The molecule has 4 heteroatoms. The molecule has 1 atom stereocenters. The molecule has 0 aromatic heterocycles. The summed E-state index contributed by atoms with van der Waals surface area (Å²) in [5.74, 6) is 2.39. The largest absolute Gasteiger partial charge is 0.455 e. The van der Waals surface area contributed by atoms with Crippen molar-refractivity contribution in [2.45, 2.75) is 0 Å². The van der Waals surface area contributed by atoms with Crippen molar-refractivity contribution in [3.63, 3.8) is 0 Å². The summed E-state index contributed by atoms with van der Waals surface area (Å²) < 4.78 is 30.4. The van der Waals surface area contributed by atoms with Gasteiger partial charge in [-0.15, -0.1) is 0 Å². The second kappa shape index (κ2) is 10.5. The van der Waals surface area contributed by atoms with Gasteiger partial charge in [0.2, 0.25) is 0 Å². The highest BCUT2D eigenvalue weighted by Crippen LogP contribution is 2.63. The van der Waals surface area contributed by atoms with Crippen LogP contribution >= 0.6 is 7.14 Å². The van der Waals surface area contributed by atoms with Gasteiger partial charge in [0.15, 0.2) is 12.9 Å². The van der Waals surface area contributed by atoms with E-state index in [9.17, 15) is 0 Å². The van der Waals surface area contributed by atoms with Gasteiger partial charge < -0.3 is 14.0 Å². The summed E-state index contributed by atoms with van der Waals surface area (Å²) in [6.45, 7) is 0. The van der Waals surface area contributed by atoms with Gasteiger partial charge in [-0.1, -0.05) is 140 Å². The Morgan fingerprint density at radius 1 is 0.370 bits per heavy atom. The Morgan fingerprint density at radius 2 is 0.891 bits per heavy atom. The van der Waals surface area contributed by atoms with E-state index in [0.29, 0.717) is 38.9 Å². The Morgan fingerprint density at radius 3 is 1.48 bits per heavy atom. The van der Waals surface area contributed by atoms with Gasteiger partial charge in [-0.3, -0.25) is 0 Å². The average Bonchev–Trinajstić information content (AvgIpc) is 3.13. The fourth-order valence-corrected chi connectivity index (χ4v) is 9.90. The Kier molecular flexibility index (Phi) is 6.09. The molecule has 0 bridgehead atoms. The number of para-hydroxylation sites is 1. The number of fused-ring (bicyclic) bond motifs is 4. The van der Waals surface area contributed by atoms with E-state index in [-0.39, 0.29) is 0 Å². The molecule has 3 nitrogen and oxygen atoms in total. The molecular weight excluding hydrogens is 583 g/mol. The van der Waals surface area contributed by atoms with Gasteiger partial charge in [0.1, 0.15) is 22.6 Å². The number of ether oxygens (including phenoxy) is 2. The van der Waals surface area contributed by atoms with E-state index in [1.54, 1.807) is 0 Å². The van der Waals surface area contributed by atoms with Gasteiger partial charge >= 0.3 is 0 Å². The van der Waals surface area contributed by atoms with Crippen molar-refractivity contribution in [1.82, 2.24) is 0 Å². The maximum atomic E-state index is 16.5. The number of hydrogen-bond donors (Lipinski definition) is 0. The number of hydrogen-bond acceptors (Lipinski definition) is 3. The van der Waals surface area contributed by atoms with Crippen LogP contribution in [0.3, 0.4) is 0 Å². The molecule has 0 fully saturated rings. The van der Waals surface area contributed by atoms with E-state index < -0.39 is 7.14 Å². The first kappa shape index (κ1) is 26.7.